The van der Waals surface area contributed by atoms with Crippen molar-refractivity contribution in [2.75, 3.05) is 18.0 Å². The van der Waals surface area contributed by atoms with Crippen molar-refractivity contribution in [3.8, 4) is 0 Å². The lowest BCUT2D eigenvalue weighted by molar-refractivity contribution is 0.318. The molecule has 21 heavy (non-hydrogen) atoms. The van der Waals surface area contributed by atoms with Crippen LogP contribution in [0.3, 0.4) is 0 Å². The lowest BCUT2D eigenvalue weighted by Gasteiger charge is -2.33. The molecular weight excluding hydrogens is 264 g/mol. The highest BCUT2D eigenvalue weighted by Crippen LogP contribution is 2.29. The molecular formula is C16H24N4O. The fourth-order valence-electron chi connectivity index (χ4n) is 3.33. The van der Waals surface area contributed by atoms with Crippen molar-refractivity contribution in [3.05, 3.63) is 22.9 Å². The van der Waals surface area contributed by atoms with Crippen LogP contribution in [0.25, 0.3) is 0 Å². The first-order valence-electron chi connectivity index (χ1n) is 7.94. The van der Waals surface area contributed by atoms with Gasteiger partial charge in [0.15, 0.2) is 5.84 Å². The summed E-state index contributed by atoms with van der Waals surface area (Å²) in [6, 6.07) is 2.09. The number of hydrogen-bond donors (Lipinski definition) is 2. The van der Waals surface area contributed by atoms with E-state index >= 15 is 0 Å². The molecule has 0 atom stereocenters. The number of oxime groups is 1. The monoisotopic (exact) mass is 288 g/mol. The van der Waals surface area contributed by atoms with E-state index in [9.17, 15) is 0 Å². The third-order valence-electron chi connectivity index (χ3n) is 4.75. The molecule has 1 aromatic heterocycles. The highest BCUT2D eigenvalue weighted by atomic mass is 16.4. The first-order chi connectivity index (χ1) is 10.2. The Kier molecular flexibility index (Phi) is 3.99. The Morgan fingerprint density at radius 3 is 2.76 bits per heavy atom. The second kappa shape index (κ2) is 5.92. The largest absolute Gasteiger partial charge is 0.409 e. The SMILES string of the molecule is CC1CCN(c2nc3c(cc2C(N)=NO)CCCC3)CC1. The Morgan fingerprint density at radius 1 is 1.33 bits per heavy atom. The highest BCUT2D eigenvalue weighted by molar-refractivity contribution is 6.01. The minimum Gasteiger partial charge on any atom is -0.409 e. The maximum atomic E-state index is 9.07. The standard InChI is InChI=1S/C16H24N4O/c1-11-6-8-20(9-7-11)16-13(15(17)19-21)10-12-4-2-3-5-14(12)18-16/h10-11,21H,2-9H2,1H3,(H2,17,19). The van der Waals surface area contributed by atoms with Crippen molar-refractivity contribution in [2.45, 2.75) is 45.4 Å². The van der Waals surface area contributed by atoms with Crippen LogP contribution in [-0.4, -0.2) is 29.1 Å². The fraction of sp³-hybridized carbons (Fsp3) is 0.625. The van der Waals surface area contributed by atoms with Crippen LogP contribution in [0, 0.1) is 5.92 Å². The van der Waals surface area contributed by atoms with Crippen LogP contribution in [0.15, 0.2) is 11.2 Å². The van der Waals surface area contributed by atoms with Crippen LogP contribution < -0.4 is 10.6 Å². The molecule has 1 aromatic rings. The van der Waals surface area contributed by atoms with E-state index in [2.05, 4.69) is 23.0 Å². The number of hydrogen-bond acceptors (Lipinski definition) is 4. The average molecular weight is 288 g/mol. The van der Waals surface area contributed by atoms with Gasteiger partial charge in [-0.15, -0.1) is 0 Å². The molecule has 0 bridgehead atoms. The second-order valence-electron chi connectivity index (χ2n) is 6.33. The van der Waals surface area contributed by atoms with Gasteiger partial charge < -0.3 is 15.8 Å². The molecule has 5 heteroatoms. The third kappa shape index (κ3) is 2.82. The normalized spacial score (nSPS) is 20.4. The number of rotatable bonds is 2. The van der Waals surface area contributed by atoms with Gasteiger partial charge in [-0.05, 0) is 56.1 Å². The smallest absolute Gasteiger partial charge is 0.173 e. The lowest BCUT2D eigenvalue weighted by atomic mass is 9.93. The number of anilines is 1. The Balaban J connectivity index is 2.00. The van der Waals surface area contributed by atoms with Crippen molar-refractivity contribution in [2.24, 2.45) is 16.8 Å². The highest BCUT2D eigenvalue weighted by Gasteiger charge is 2.23. The van der Waals surface area contributed by atoms with E-state index in [1.54, 1.807) is 0 Å². The summed E-state index contributed by atoms with van der Waals surface area (Å²) in [6.07, 6.45) is 6.85. The van der Waals surface area contributed by atoms with Gasteiger partial charge >= 0.3 is 0 Å². The molecule has 1 fully saturated rings. The Morgan fingerprint density at radius 2 is 2.05 bits per heavy atom. The quantitative estimate of drug-likeness (QED) is 0.379. The Bertz CT molecular complexity index is 547. The van der Waals surface area contributed by atoms with Gasteiger partial charge in [-0.3, -0.25) is 0 Å². The third-order valence-corrected chi connectivity index (χ3v) is 4.75. The number of amidine groups is 1. The second-order valence-corrected chi connectivity index (χ2v) is 6.33. The molecule has 2 aliphatic rings. The predicted octanol–water partition coefficient (Wildman–Crippen LogP) is 2.29. The zero-order valence-electron chi connectivity index (χ0n) is 12.7. The maximum absolute atomic E-state index is 9.07. The van der Waals surface area contributed by atoms with Crippen LogP contribution in [0.2, 0.25) is 0 Å². The molecule has 0 radical (unpaired) electrons. The molecule has 114 valence electrons. The first-order valence-corrected chi connectivity index (χ1v) is 7.94. The predicted molar refractivity (Wildman–Crippen MR) is 84.0 cm³/mol. The van der Waals surface area contributed by atoms with Gasteiger partial charge in [-0.25, -0.2) is 4.98 Å². The summed E-state index contributed by atoms with van der Waals surface area (Å²) in [5.74, 6) is 1.84. The van der Waals surface area contributed by atoms with E-state index in [4.69, 9.17) is 15.9 Å². The number of nitrogens with two attached hydrogens (primary N) is 1. The number of pyridine rings is 1. The van der Waals surface area contributed by atoms with Crippen LogP contribution in [0.5, 0.6) is 0 Å². The summed E-state index contributed by atoms with van der Waals surface area (Å²) in [7, 11) is 0. The minimum atomic E-state index is 0.171. The topological polar surface area (TPSA) is 74.7 Å². The van der Waals surface area contributed by atoms with Gasteiger partial charge in [0, 0.05) is 18.8 Å². The molecule has 2 heterocycles. The molecule has 0 aromatic carbocycles. The van der Waals surface area contributed by atoms with E-state index < -0.39 is 0 Å². The minimum absolute atomic E-state index is 0.171. The summed E-state index contributed by atoms with van der Waals surface area (Å²) < 4.78 is 0. The van der Waals surface area contributed by atoms with Crippen molar-refractivity contribution < 1.29 is 5.21 Å². The summed E-state index contributed by atoms with van der Waals surface area (Å²) in [6.45, 7) is 4.29. The number of aryl methyl sites for hydroxylation is 2. The van der Waals surface area contributed by atoms with Gasteiger partial charge in [0.1, 0.15) is 5.82 Å². The van der Waals surface area contributed by atoms with Gasteiger partial charge in [-0.1, -0.05) is 12.1 Å². The van der Waals surface area contributed by atoms with Crippen molar-refractivity contribution in [1.82, 2.24) is 4.98 Å². The molecule has 1 aliphatic heterocycles. The molecule has 0 amide bonds. The zero-order chi connectivity index (χ0) is 14.8. The van der Waals surface area contributed by atoms with Crippen LogP contribution in [-0.2, 0) is 12.8 Å². The van der Waals surface area contributed by atoms with Crippen molar-refractivity contribution >= 4 is 11.7 Å². The van der Waals surface area contributed by atoms with Crippen molar-refractivity contribution in [1.29, 1.82) is 0 Å². The van der Waals surface area contributed by atoms with E-state index in [1.807, 2.05) is 0 Å². The Labute approximate surface area is 125 Å². The number of fused-ring (bicyclic) bond motifs is 1. The summed E-state index contributed by atoms with van der Waals surface area (Å²) in [5, 5.41) is 12.3. The summed E-state index contributed by atoms with van der Waals surface area (Å²) in [4.78, 5) is 7.18. The molecule has 1 aliphatic carbocycles. The van der Waals surface area contributed by atoms with Crippen LogP contribution >= 0.6 is 0 Å². The molecule has 0 unspecified atom stereocenters. The van der Waals surface area contributed by atoms with Crippen molar-refractivity contribution in [3.63, 3.8) is 0 Å². The Hall–Kier alpha value is -1.78. The first kappa shape index (κ1) is 14.2. The molecule has 3 rings (SSSR count). The van der Waals surface area contributed by atoms with E-state index in [-0.39, 0.29) is 5.84 Å². The van der Waals surface area contributed by atoms with Crippen LogP contribution in [0.4, 0.5) is 5.82 Å². The van der Waals surface area contributed by atoms with E-state index in [0.717, 1.165) is 43.2 Å². The van der Waals surface area contributed by atoms with Gasteiger partial charge in [-0.2, -0.15) is 0 Å². The van der Waals surface area contributed by atoms with Gasteiger partial charge in [0.2, 0.25) is 0 Å². The molecule has 1 saturated heterocycles. The van der Waals surface area contributed by atoms with Gasteiger partial charge in [0.05, 0.1) is 5.56 Å². The van der Waals surface area contributed by atoms with Gasteiger partial charge in [0.25, 0.3) is 0 Å². The van der Waals surface area contributed by atoms with Crippen LogP contribution in [0.1, 0.15) is 49.4 Å². The summed E-state index contributed by atoms with van der Waals surface area (Å²) in [5.41, 5.74) is 9.14. The average Bonchev–Trinajstić information content (AvgIpc) is 2.53. The molecule has 0 saturated carbocycles. The van der Waals surface area contributed by atoms with E-state index in [1.165, 1.54) is 36.9 Å². The fourth-order valence-corrected chi connectivity index (χ4v) is 3.33. The lowest BCUT2D eigenvalue weighted by Crippen LogP contribution is -2.35. The number of aromatic nitrogens is 1. The maximum Gasteiger partial charge on any atom is 0.173 e. The molecule has 5 nitrogen and oxygen atoms in total. The van der Waals surface area contributed by atoms with E-state index in [0.29, 0.717) is 0 Å². The summed E-state index contributed by atoms with van der Waals surface area (Å²) >= 11 is 0. The number of piperidine rings is 1. The molecule has 3 N–H and O–H groups in total. The molecule has 0 spiro atoms. The number of nitrogens with zero attached hydrogens (tertiary/aromatic N) is 3. The zero-order valence-corrected chi connectivity index (χ0v) is 12.7.